The van der Waals surface area contributed by atoms with Gasteiger partial charge in [0.1, 0.15) is 0 Å². The summed E-state index contributed by atoms with van der Waals surface area (Å²) in [7, 11) is 0. The Morgan fingerprint density at radius 2 is 2.55 bits per heavy atom. The molecule has 3 nitrogen and oxygen atoms in total. The molecule has 1 aliphatic rings. The van der Waals surface area contributed by atoms with E-state index >= 15 is 0 Å². The van der Waals surface area contributed by atoms with Crippen LogP contribution in [0.2, 0.25) is 0 Å². The second-order valence-corrected chi connectivity index (χ2v) is 2.97. The Kier molecular flexibility index (Phi) is 3.59. The lowest BCUT2D eigenvalue weighted by Crippen LogP contribution is -2.41. The van der Waals surface area contributed by atoms with Crippen LogP contribution >= 0.6 is 12.2 Å². The molecule has 0 spiro atoms. The van der Waals surface area contributed by atoms with Crippen molar-refractivity contribution in [3.05, 3.63) is 0 Å². The zero-order chi connectivity index (χ0) is 8.10. The Balaban J connectivity index is 2.13. The summed E-state index contributed by atoms with van der Waals surface area (Å²) in [5.74, 6) is 0. The Bertz CT molecular complexity index is 134. The monoisotopic (exact) mass is 174 g/mol. The molecule has 0 aromatic heterocycles. The number of ether oxygens (including phenoxy) is 1. The molecule has 0 bridgehead atoms. The Morgan fingerprint density at radius 3 is 3.09 bits per heavy atom. The lowest BCUT2D eigenvalue weighted by Gasteiger charge is -2.13. The molecule has 64 valence electrons. The van der Waals surface area contributed by atoms with Crippen molar-refractivity contribution in [1.29, 1.82) is 0 Å². The average molecular weight is 174 g/mol. The largest absolute Gasteiger partial charge is 0.379 e. The Morgan fingerprint density at radius 1 is 1.73 bits per heavy atom. The first-order valence-corrected chi connectivity index (χ1v) is 4.36. The number of hydrogen-bond donors (Lipinski definition) is 2. The number of rotatable bonds is 2. The fraction of sp³-hybridized carbons (Fsp3) is 0.857. The summed E-state index contributed by atoms with van der Waals surface area (Å²) in [4.78, 5) is 0. The molecule has 1 saturated heterocycles. The van der Waals surface area contributed by atoms with E-state index in [1.807, 2.05) is 6.92 Å². The fourth-order valence-corrected chi connectivity index (χ4v) is 1.36. The maximum atomic E-state index is 5.19. The third-order valence-corrected chi connectivity index (χ3v) is 1.86. The highest BCUT2D eigenvalue weighted by Gasteiger charge is 2.15. The van der Waals surface area contributed by atoms with Crippen molar-refractivity contribution < 1.29 is 4.74 Å². The molecule has 0 amide bonds. The second kappa shape index (κ2) is 4.51. The van der Waals surface area contributed by atoms with Gasteiger partial charge >= 0.3 is 0 Å². The van der Waals surface area contributed by atoms with E-state index in [9.17, 15) is 0 Å². The van der Waals surface area contributed by atoms with Crippen molar-refractivity contribution in [2.45, 2.75) is 19.4 Å². The molecule has 1 fully saturated rings. The highest BCUT2D eigenvalue weighted by molar-refractivity contribution is 7.80. The van der Waals surface area contributed by atoms with E-state index in [0.717, 1.165) is 31.3 Å². The van der Waals surface area contributed by atoms with E-state index in [2.05, 4.69) is 10.6 Å². The van der Waals surface area contributed by atoms with Gasteiger partial charge in [-0.15, -0.1) is 0 Å². The highest BCUT2D eigenvalue weighted by Crippen LogP contribution is 2.02. The molecule has 0 aromatic carbocycles. The quantitative estimate of drug-likeness (QED) is 0.588. The van der Waals surface area contributed by atoms with Crippen molar-refractivity contribution in [2.75, 3.05) is 19.8 Å². The Hall–Kier alpha value is -0.350. The van der Waals surface area contributed by atoms with Gasteiger partial charge in [0.25, 0.3) is 0 Å². The van der Waals surface area contributed by atoms with Crippen LogP contribution in [0.15, 0.2) is 0 Å². The first kappa shape index (κ1) is 8.74. The summed E-state index contributed by atoms with van der Waals surface area (Å²) in [5.41, 5.74) is 0. The minimum atomic E-state index is 0.418. The molecule has 0 aromatic rings. The normalized spacial score (nSPS) is 23.2. The van der Waals surface area contributed by atoms with Crippen LogP contribution in [-0.2, 0) is 4.74 Å². The number of thiocarbonyl (C=S) groups is 1. The summed E-state index contributed by atoms with van der Waals surface area (Å²) in [5, 5.41) is 6.95. The van der Waals surface area contributed by atoms with Crippen molar-refractivity contribution in [3.8, 4) is 0 Å². The summed E-state index contributed by atoms with van der Waals surface area (Å²) in [6, 6.07) is 0.418. The van der Waals surface area contributed by atoms with Gasteiger partial charge in [0, 0.05) is 13.2 Å². The van der Waals surface area contributed by atoms with Crippen molar-refractivity contribution in [1.82, 2.24) is 10.6 Å². The first-order valence-electron chi connectivity index (χ1n) is 3.95. The van der Waals surface area contributed by atoms with Gasteiger partial charge < -0.3 is 15.4 Å². The summed E-state index contributed by atoms with van der Waals surface area (Å²) in [6.45, 7) is 4.54. The van der Waals surface area contributed by atoms with Crippen LogP contribution in [0.3, 0.4) is 0 Å². The SMILES string of the molecule is CCNC(=S)NC1CCOC1. The van der Waals surface area contributed by atoms with Crippen LogP contribution < -0.4 is 10.6 Å². The number of hydrogen-bond acceptors (Lipinski definition) is 2. The highest BCUT2D eigenvalue weighted by atomic mass is 32.1. The minimum absolute atomic E-state index is 0.418. The van der Waals surface area contributed by atoms with Crippen molar-refractivity contribution in [3.63, 3.8) is 0 Å². The predicted octanol–water partition coefficient (Wildman–Crippen LogP) is 0.259. The zero-order valence-corrected chi connectivity index (χ0v) is 7.54. The summed E-state index contributed by atoms with van der Waals surface area (Å²) in [6.07, 6.45) is 1.06. The van der Waals surface area contributed by atoms with E-state index in [1.165, 1.54) is 0 Å². The van der Waals surface area contributed by atoms with Gasteiger partial charge in [-0.2, -0.15) is 0 Å². The predicted molar refractivity (Wildman–Crippen MR) is 48.6 cm³/mol. The van der Waals surface area contributed by atoms with Gasteiger partial charge in [-0.05, 0) is 25.6 Å². The zero-order valence-electron chi connectivity index (χ0n) is 6.72. The van der Waals surface area contributed by atoms with Gasteiger partial charge in [-0.25, -0.2) is 0 Å². The lowest BCUT2D eigenvalue weighted by molar-refractivity contribution is 0.192. The molecule has 11 heavy (non-hydrogen) atoms. The molecule has 0 aliphatic carbocycles. The molecular weight excluding hydrogens is 160 g/mol. The second-order valence-electron chi connectivity index (χ2n) is 2.56. The summed E-state index contributed by atoms with van der Waals surface area (Å²) >= 11 is 5.01. The minimum Gasteiger partial charge on any atom is -0.379 e. The van der Waals surface area contributed by atoms with E-state index in [-0.39, 0.29) is 0 Å². The Labute approximate surface area is 72.5 Å². The maximum absolute atomic E-state index is 5.19. The van der Waals surface area contributed by atoms with Crippen molar-refractivity contribution in [2.24, 2.45) is 0 Å². The van der Waals surface area contributed by atoms with Gasteiger partial charge in [-0.3, -0.25) is 0 Å². The van der Waals surface area contributed by atoms with Crippen LogP contribution in [-0.4, -0.2) is 30.9 Å². The number of nitrogens with one attached hydrogen (secondary N) is 2. The molecule has 1 rings (SSSR count). The molecule has 4 heteroatoms. The van der Waals surface area contributed by atoms with E-state index in [0.29, 0.717) is 6.04 Å². The molecule has 0 radical (unpaired) electrons. The first-order chi connectivity index (χ1) is 5.33. The molecule has 0 saturated carbocycles. The van der Waals surface area contributed by atoms with Gasteiger partial charge in [-0.1, -0.05) is 0 Å². The van der Waals surface area contributed by atoms with Gasteiger partial charge in [0.2, 0.25) is 0 Å². The molecular formula is C7H14N2OS. The smallest absolute Gasteiger partial charge is 0.166 e. The van der Waals surface area contributed by atoms with Crippen LogP contribution in [0, 0.1) is 0 Å². The lowest BCUT2D eigenvalue weighted by atomic mass is 10.3. The average Bonchev–Trinajstić information content (AvgIpc) is 2.40. The molecule has 1 atom stereocenters. The molecule has 1 unspecified atom stereocenters. The van der Waals surface area contributed by atoms with Crippen LogP contribution in [0.25, 0.3) is 0 Å². The van der Waals surface area contributed by atoms with Gasteiger partial charge in [0.15, 0.2) is 5.11 Å². The van der Waals surface area contributed by atoms with Gasteiger partial charge in [0.05, 0.1) is 12.6 Å². The topological polar surface area (TPSA) is 33.3 Å². The van der Waals surface area contributed by atoms with E-state index in [4.69, 9.17) is 17.0 Å². The molecule has 2 N–H and O–H groups in total. The van der Waals surface area contributed by atoms with Crippen LogP contribution in [0.4, 0.5) is 0 Å². The van der Waals surface area contributed by atoms with E-state index < -0.39 is 0 Å². The van der Waals surface area contributed by atoms with E-state index in [1.54, 1.807) is 0 Å². The van der Waals surface area contributed by atoms with Crippen LogP contribution in [0.5, 0.6) is 0 Å². The van der Waals surface area contributed by atoms with Crippen molar-refractivity contribution >= 4 is 17.3 Å². The molecule has 1 heterocycles. The standard InChI is InChI=1S/C7H14N2OS/c1-2-8-7(11)9-6-3-4-10-5-6/h6H,2-5H2,1H3,(H2,8,9,11). The fourth-order valence-electron chi connectivity index (χ4n) is 1.05. The molecule has 1 aliphatic heterocycles. The van der Waals surface area contributed by atoms with Crippen LogP contribution in [0.1, 0.15) is 13.3 Å². The third kappa shape index (κ3) is 3.03. The summed E-state index contributed by atoms with van der Waals surface area (Å²) < 4.78 is 5.19. The third-order valence-electron chi connectivity index (χ3n) is 1.60. The maximum Gasteiger partial charge on any atom is 0.166 e.